The van der Waals surface area contributed by atoms with Crippen LogP contribution in [0.1, 0.15) is 27.7 Å². The van der Waals surface area contributed by atoms with Gasteiger partial charge in [-0.2, -0.15) is 5.10 Å². The van der Waals surface area contributed by atoms with Crippen LogP contribution in [-0.2, 0) is 0 Å². The van der Waals surface area contributed by atoms with Gasteiger partial charge in [0.05, 0.1) is 23.3 Å². The summed E-state index contributed by atoms with van der Waals surface area (Å²) in [5.41, 5.74) is 18.9. The molecule has 1 heterocycles. The molecular weight excluding hydrogens is 268 g/mol. The molecule has 0 saturated carbocycles. The summed E-state index contributed by atoms with van der Waals surface area (Å²) in [6, 6.07) is 0. The summed E-state index contributed by atoms with van der Waals surface area (Å²) in [4.78, 5) is 8.23. The van der Waals surface area contributed by atoms with Gasteiger partial charge in [-0.25, -0.2) is 4.99 Å². The van der Waals surface area contributed by atoms with Crippen molar-refractivity contribution in [1.29, 1.82) is 5.41 Å². The van der Waals surface area contributed by atoms with Crippen molar-refractivity contribution in [3.63, 3.8) is 0 Å². The third-order valence-electron chi connectivity index (χ3n) is 2.77. The zero-order valence-corrected chi connectivity index (χ0v) is 12.8. The van der Waals surface area contributed by atoms with Gasteiger partial charge in [0, 0.05) is 11.3 Å². The van der Waals surface area contributed by atoms with E-state index in [1.54, 1.807) is 26.8 Å². The molecular formula is C13H22N8. The monoisotopic (exact) mass is 290 g/mol. The van der Waals surface area contributed by atoms with Crippen LogP contribution in [0.5, 0.6) is 0 Å². The third kappa shape index (κ3) is 4.60. The Balaban J connectivity index is 3.18. The predicted molar refractivity (Wildman–Crippen MR) is 88.1 cm³/mol. The van der Waals surface area contributed by atoms with Gasteiger partial charge >= 0.3 is 0 Å². The number of rotatable bonds is 4. The molecule has 1 aliphatic heterocycles. The Morgan fingerprint density at radius 3 is 2.29 bits per heavy atom. The molecule has 2 atom stereocenters. The molecule has 0 amide bonds. The lowest BCUT2D eigenvalue weighted by molar-refractivity contribution is 0.631. The highest BCUT2D eigenvalue weighted by Crippen LogP contribution is 2.17. The first-order valence-electron chi connectivity index (χ1n) is 6.48. The smallest absolute Gasteiger partial charge is 0.184 e. The Kier molecular flexibility index (Phi) is 5.48. The SMILES string of the molecule is CC(=N)C(/C=C1/C(C)=NN=C1N=C(C)N)C(N)/N=C(/C)N. The summed E-state index contributed by atoms with van der Waals surface area (Å²) >= 11 is 0. The second-order valence-corrected chi connectivity index (χ2v) is 4.91. The van der Waals surface area contributed by atoms with Crippen LogP contribution in [0.15, 0.2) is 31.8 Å². The minimum atomic E-state index is -0.641. The average molecular weight is 290 g/mol. The molecule has 0 saturated heterocycles. The molecule has 1 aliphatic rings. The highest BCUT2D eigenvalue weighted by Gasteiger charge is 2.23. The fourth-order valence-corrected chi connectivity index (χ4v) is 1.81. The number of hydrogen-bond donors (Lipinski definition) is 4. The van der Waals surface area contributed by atoms with E-state index >= 15 is 0 Å². The summed E-state index contributed by atoms with van der Waals surface area (Å²) in [5.74, 6) is 0.751. The van der Waals surface area contributed by atoms with Gasteiger partial charge in [0.1, 0.15) is 6.17 Å². The Hall–Kier alpha value is -2.35. The second-order valence-electron chi connectivity index (χ2n) is 4.91. The fraction of sp³-hybridized carbons (Fsp3) is 0.462. The Morgan fingerprint density at radius 2 is 1.81 bits per heavy atom. The Bertz CT molecular complexity index is 571. The lowest BCUT2D eigenvalue weighted by Gasteiger charge is -2.17. The molecule has 0 aliphatic carbocycles. The van der Waals surface area contributed by atoms with Crippen LogP contribution < -0.4 is 17.2 Å². The van der Waals surface area contributed by atoms with E-state index in [0.29, 0.717) is 34.5 Å². The van der Waals surface area contributed by atoms with Gasteiger partial charge < -0.3 is 22.6 Å². The predicted octanol–water partition coefficient (Wildman–Crippen LogP) is 0.396. The molecule has 8 heteroatoms. The number of amidine groups is 3. The lowest BCUT2D eigenvalue weighted by atomic mass is 9.96. The second kappa shape index (κ2) is 6.89. The highest BCUT2D eigenvalue weighted by atomic mass is 15.3. The molecule has 0 spiro atoms. The minimum Gasteiger partial charge on any atom is -0.388 e. The van der Waals surface area contributed by atoms with E-state index in [1.807, 2.05) is 6.92 Å². The molecule has 0 aromatic heterocycles. The number of aliphatic imine (C=N–C) groups is 2. The quantitative estimate of drug-likeness (QED) is 0.438. The largest absolute Gasteiger partial charge is 0.388 e. The molecule has 114 valence electrons. The van der Waals surface area contributed by atoms with Gasteiger partial charge in [0.2, 0.25) is 0 Å². The average Bonchev–Trinajstić information content (AvgIpc) is 2.65. The zero-order chi connectivity index (χ0) is 16.2. The molecule has 0 aromatic rings. The van der Waals surface area contributed by atoms with Crippen LogP contribution in [0.4, 0.5) is 0 Å². The maximum atomic E-state index is 7.89. The molecule has 0 bridgehead atoms. The first-order chi connectivity index (χ1) is 9.72. The van der Waals surface area contributed by atoms with E-state index in [1.165, 1.54) is 0 Å². The number of nitrogens with two attached hydrogens (primary N) is 3. The van der Waals surface area contributed by atoms with E-state index in [-0.39, 0.29) is 0 Å². The molecule has 0 aromatic carbocycles. The van der Waals surface area contributed by atoms with Crippen molar-refractivity contribution in [2.45, 2.75) is 33.9 Å². The van der Waals surface area contributed by atoms with Crippen LogP contribution >= 0.6 is 0 Å². The van der Waals surface area contributed by atoms with Gasteiger partial charge in [-0.15, -0.1) is 5.10 Å². The molecule has 0 radical (unpaired) electrons. The molecule has 2 unspecified atom stereocenters. The molecule has 8 nitrogen and oxygen atoms in total. The number of nitrogens with zero attached hydrogens (tertiary/aromatic N) is 4. The summed E-state index contributed by atoms with van der Waals surface area (Å²) in [6.45, 7) is 6.79. The Labute approximate surface area is 124 Å². The van der Waals surface area contributed by atoms with Crippen molar-refractivity contribution in [3.8, 4) is 0 Å². The zero-order valence-electron chi connectivity index (χ0n) is 12.8. The van der Waals surface area contributed by atoms with Gasteiger partial charge in [0.15, 0.2) is 5.84 Å². The third-order valence-corrected chi connectivity index (χ3v) is 2.77. The molecule has 7 N–H and O–H groups in total. The van der Waals surface area contributed by atoms with Crippen molar-refractivity contribution < 1.29 is 0 Å². The summed E-state index contributed by atoms with van der Waals surface area (Å²) in [6.07, 6.45) is 1.15. The van der Waals surface area contributed by atoms with E-state index in [2.05, 4.69) is 20.2 Å². The van der Waals surface area contributed by atoms with Crippen LogP contribution in [0.3, 0.4) is 0 Å². The highest BCUT2D eigenvalue weighted by molar-refractivity contribution is 6.27. The van der Waals surface area contributed by atoms with Crippen molar-refractivity contribution in [3.05, 3.63) is 11.6 Å². The maximum absolute atomic E-state index is 7.89. The van der Waals surface area contributed by atoms with Crippen LogP contribution in [-0.4, -0.2) is 35.1 Å². The summed E-state index contributed by atoms with van der Waals surface area (Å²) < 4.78 is 0. The van der Waals surface area contributed by atoms with E-state index < -0.39 is 12.1 Å². The first-order valence-corrected chi connectivity index (χ1v) is 6.48. The normalized spacial score (nSPS) is 21.1. The number of nitrogens with one attached hydrogen (secondary N) is 1. The van der Waals surface area contributed by atoms with E-state index in [0.717, 1.165) is 0 Å². The number of hydrogen-bond acceptors (Lipinski definition) is 6. The summed E-state index contributed by atoms with van der Waals surface area (Å²) in [7, 11) is 0. The first kappa shape index (κ1) is 16.7. The summed E-state index contributed by atoms with van der Waals surface area (Å²) in [5, 5.41) is 15.8. The van der Waals surface area contributed by atoms with Gasteiger partial charge in [0.25, 0.3) is 0 Å². The van der Waals surface area contributed by atoms with Gasteiger partial charge in [-0.05, 0) is 27.7 Å². The van der Waals surface area contributed by atoms with E-state index in [9.17, 15) is 0 Å². The molecule has 0 fully saturated rings. The topological polar surface area (TPSA) is 151 Å². The Morgan fingerprint density at radius 1 is 1.19 bits per heavy atom. The van der Waals surface area contributed by atoms with Crippen LogP contribution in [0, 0.1) is 11.3 Å². The standard InChI is InChI=1S/C13H22N8/c1-6(14)10(12(17)18-8(3)15)5-11-7(2)20-21-13(11)19-9(4)16/h5,10,12,14H,17H2,1-4H3,(H2,15,18)(H2,16,19,21)/b11-5-,14-6?. The molecule has 1 rings (SSSR count). The molecule has 21 heavy (non-hydrogen) atoms. The fourth-order valence-electron chi connectivity index (χ4n) is 1.81. The lowest BCUT2D eigenvalue weighted by Crippen LogP contribution is -2.34. The van der Waals surface area contributed by atoms with Crippen molar-refractivity contribution in [2.75, 3.05) is 0 Å². The van der Waals surface area contributed by atoms with E-state index in [4.69, 9.17) is 22.6 Å². The van der Waals surface area contributed by atoms with Gasteiger partial charge in [-0.1, -0.05) is 6.08 Å². The van der Waals surface area contributed by atoms with Crippen molar-refractivity contribution in [1.82, 2.24) is 0 Å². The minimum absolute atomic E-state index is 0.368. The maximum Gasteiger partial charge on any atom is 0.184 e. The van der Waals surface area contributed by atoms with Crippen LogP contribution in [0.2, 0.25) is 0 Å². The van der Waals surface area contributed by atoms with Crippen molar-refractivity contribution in [2.24, 2.45) is 43.3 Å². The van der Waals surface area contributed by atoms with Gasteiger partial charge in [-0.3, -0.25) is 4.99 Å². The van der Waals surface area contributed by atoms with Crippen molar-refractivity contribution >= 4 is 28.9 Å². The van der Waals surface area contributed by atoms with Crippen LogP contribution in [0.25, 0.3) is 0 Å².